The summed E-state index contributed by atoms with van der Waals surface area (Å²) in [5.74, 6) is 11.4. The number of alkyl halides is 3. The molecule has 6 N–H and O–H groups in total. The van der Waals surface area contributed by atoms with Crippen LogP contribution in [0.15, 0.2) is 52.5 Å². The van der Waals surface area contributed by atoms with Gasteiger partial charge in [0.15, 0.2) is 5.84 Å². The molecule has 0 saturated heterocycles. The fraction of sp³-hybridized carbons (Fsp3) is 0.188. The maximum Gasteiger partial charge on any atom is 0.418 e. The Morgan fingerprint density at radius 1 is 1.15 bits per heavy atom. The zero-order valence-electron chi connectivity index (χ0n) is 14.1. The van der Waals surface area contributed by atoms with Gasteiger partial charge < -0.3 is 11.2 Å². The SMILES string of the molecule is CNSc1ccc(Nc2ccccc2C(F)(F)F)c(/C(=N/N)N(C)N)c1. The Morgan fingerprint density at radius 2 is 1.85 bits per heavy atom. The summed E-state index contributed by atoms with van der Waals surface area (Å²) < 4.78 is 42.7. The molecule has 6 nitrogen and oxygen atoms in total. The molecular weight excluding hydrogens is 365 g/mol. The largest absolute Gasteiger partial charge is 0.418 e. The third kappa shape index (κ3) is 4.59. The van der Waals surface area contributed by atoms with Gasteiger partial charge in [-0.15, -0.1) is 0 Å². The average Bonchev–Trinajstić information content (AvgIpc) is 2.57. The molecule has 0 atom stereocenters. The number of benzene rings is 2. The van der Waals surface area contributed by atoms with Crippen LogP contribution in [0, 0.1) is 0 Å². The standard InChI is InChI=1S/C16H19F3N6S/c1-22-26-10-7-8-13(11(9-10)15(24-20)25(2)21)23-14-6-4-3-5-12(14)16(17,18)19/h3-9,22-23H,20-21H2,1-2H3/b24-15-. The van der Waals surface area contributed by atoms with E-state index in [-0.39, 0.29) is 11.5 Å². The average molecular weight is 384 g/mol. The Morgan fingerprint density at radius 3 is 2.42 bits per heavy atom. The lowest BCUT2D eigenvalue weighted by Crippen LogP contribution is -2.35. The minimum absolute atomic E-state index is 0.0775. The van der Waals surface area contributed by atoms with Crippen molar-refractivity contribution in [1.29, 1.82) is 0 Å². The highest BCUT2D eigenvalue weighted by Crippen LogP contribution is 2.36. The fourth-order valence-electron chi connectivity index (χ4n) is 2.33. The van der Waals surface area contributed by atoms with Crippen LogP contribution in [0.25, 0.3) is 0 Å². The summed E-state index contributed by atoms with van der Waals surface area (Å²) in [5, 5.41) is 7.67. The molecule has 10 heteroatoms. The van der Waals surface area contributed by atoms with Gasteiger partial charge in [0.05, 0.1) is 11.3 Å². The molecule has 0 saturated carbocycles. The summed E-state index contributed by atoms with van der Waals surface area (Å²) in [4.78, 5) is 0.820. The first kappa shape index (κ1) is 19.9. The van der Waals surface area contributed by atoms with E-state index in [1.165, 1.54) is 42.2 Å². The number of hydrazone groups is 1. The molecule has 0 unspecified atom stereocenters. The third-order valence-corrected chi connectivity index (χ3v) is 4.10. The molecule has 0 heterocycles. The van der Waals surface area contributed by atoms with Crippen LogP contribution in [0.4, 0.5) is 24.5 Å². The van der Waals surface area contributed by atoms with Crippen LogP contribution in [0.2, 0.25) is 0 Å². The normalized spacial score (nSPS) is 12.2. The topological polar surface area (TPSA) is 91.7 Å². The Kier molecular flexibility index (Phi) is 6.35. The first-order valence-electron chi connectivity index (χ1n) is 7.45. The van der Waals surface area contributed by atoms with E-state index in [2.05, 4.69) is 15.1 Å². The van der Waals surface area contributed by atoms with Crippen LogP contribution in [0.3, 0.4) is 0 Å². The van der Waals surface area contributed by atoms with E-state index < -0.39 is 11.7 Å². The van der Waals surface area contributed by atoms with Gasteiger partial charge in [0.2, 0.25) is 0 Å². The van der Waals surface area contributed by atoms with E-state index in [9.17, 15) is 13.2 Å². The van der Waals surface area contributed by atoms with Gasteiger partial charge in [0.1, 0.15) is 0 Å². The number of hydrogen-bond acceptors (Lipinski definition) is 6. The van der Waals surface area contributed by atoms with Crippen molar-refractivity contribution in [3.63, 3.8) is 0 Å². The number of halogens is 3. The van der Waals surface area contributed by atoms with Crippen molar-refractivity contribution in [2.45, 2.75) is 11.1 Å². The first-order valence-corrected chi connectivity index (χ1v) is 8.27. The molecule has 2 rings (SSSR count). The van der Waals surface area contributed by atoms with Gasteiger partial charge in [-0.3, -0.25) is 9.73 Å². The van der Waals surface area contributed by atoms with Crippen molar-refractivity contribution in [2.24, 2.45) is 16.8 Å². The van der Waals surface area contributed by atoms with Crippen LogP contribution in [0.5, 0.6) is 0 Å². The van der Waals surface area contributed by atoms with Crippen LogP contribution in [-0.4, -0.2) is 24.9 Å². The Balaban J connectivity index is 2.54. The summed E-state index contributed by atoms with van der Waals surface area (Å²) >= 11 is 1.34. The fourth-order valence-corrected chi connectivity index (χ4v) is 2.88. The van der Waals surface area contributed by atoms with Crippen LogP contribution < -0.4 is 21.7 Å². The molecule has 26 heavy (non-hydrogen) atoms. The third-order valence-electron chi connectivity index (χ3n) is 3.41. The van der Waals surface area contributed by atoms with Gasteiger partial charge in [-0.05, 0) is 49.3 Å². The summed E-state index contributed by atoms with van der Waals surface area (Å²) in [7, 11) is 3.29. The molecule has 0 bridgehead atoms. The highest BCUT2D eigenvalue weighted by molar-refractivity contribution is 7.97. The van der Waals surface area contributed by atoms with Gasteiger partial charge in [-0.1, -0.05) is 12.1 Å². The van der Waals surface area contributed by atoms with Gasteiger partial charge >= 0.3 is 6.18 Å². The second kappa shape index (κ2) is 8.30. The van der Waals surface area contributed by atoms with Gasteiger partial charge in [0, 0.05) is 23.2 Å². The number of nitrogens with one attached hydrogen (secondary N) is 2. The molecule has 0 aliphatic carbocycles. The van der Waals surface area contributed by atoms with Gasteiger partial charge in [0.25, 0.3) is 0 Å². The highest BCUT2D eigenvalue weighted by Gasteiger charge is 2.33. The molecule has 0 spiro atoms. The zero-order valence-corrected chi connectivity index (χ0v) is 14.9. The molecule has 2 aromatic rings. The van der Waals surface area contributed by atoms with Crippen molar-refractivity contribution < 1.29 is 13.2 Å². The summed E-state index contributed by atoms with van der Waals surface area (Å²) in [6.45, 7) is 0. The molecule has 0 fully saturated rings. The van der Waals surface area contributed by atoms with Crippen molar-refractivity contribution in [3.8, 4) is 0 Å². The lowest BCUT2D eigenvalue weighted by atomic mass is 10.1. The van der Waals surface area contributed by atoms with E-state index in [1.54, 1.807) is 25.2 Å². The van der Waals surface area contributed by atoms with Crippen molar-refractivity contribution >= 4 is 29.2 Å². The number of nitrogens with zero attached hydrogens (tertiary/aromatic N) is 2. The second-order valence-corrected chi connectivity index (χ2v) is 6.33. The van der Waals surface area contributed by atoms with Gasteiger partial charge in [-0.25, -0.2) is 5.84 Å². The van der Waals surface area contributed by atoms with Crippen LogP contribution >= 0.6 is 11.9 Å². The lowest BCUT2D eigenvalue weighted by molar-refractivity contribution is -0.136. The monoisotopic (exact) mass is 384 g/mol. The zero-order chi connectivity index (χ0) is 19.3. The molecule has 2 aromatic carbocycles. The summed E-state index contributed by atoms with van der Waals surface area (Å²) in [6.07, 6.45) is -4.48. The quantitative estimate of drug-likeness (QED) is 0.208. The highest BCUT2D eigenvalue weighted by atomic mass is 32.2. The van der Waals surface area contributed by atoms with Crippen molar-refractivity contribution in [3.05, 3.63) is 53.6 Å². The molecule has 0 radical (unpaired) electrons. The number of rotatable bonds is 5. The molecule has 140 valence electrons. The number of hydrogen-bond donors (Lipinski definition) is 4. The number of para-hydroxylation sites is 1. The Bertz CT molecular complexity index is 792. The first-order chi connectivity index (χ1) is 12.3. The van der Waals surface area contributed by atoms with Crippen molar-refractivity contribution in [2.75, 3.05) is 19.4 Å². The van der Waals surface area contributed by atoms with E-state index in [0.29, 0.717) is 11.3 Å². The predicted octanol–water partition coefficient (Wildman–Crippen LogP) is 3.10. The van der Waals surface area contributed by atoms with E-state index in [4.69, 9.17) is 11.7 Å². The minimum Gasteiger partial charge on any atom is -0.354 e. The van der Waals surface area contributed by atoms with E-state index in [1.807, 2.05) is 0 Å². The minimum atomic E-state index is -4.48. The van der Waals surface area contributed by atoms with E-state index in [0.717, 1.165) is 11.0 Å². The summed E-state index contributed by atoms with van der Waals surface area (Å²) in [6, 6.07) is 10.4. The maximum atomic E-state index is 13.2. The molecule has 0 aliphatic heterocycles. The Hall–Kier alpha value is -2.43. The Labute approximate surface area is 153 Å². The summed E-state index contributed by atoms with van der Waals surface area (Å²) in [5.41, 5.74) is 0.0108. The van der Waals surface area contributed by atoms with E-state index >= 15 is 0 Å². The van der Waals surface area contributed by atoms with Gasteiger partial charge in [-0.2, -0.15) is 18.3 Å². The molecule has 0 amide bonds. The number of amidine groups is 1. The second-order valence-electron chi connectivity index (χ2n) is 5.25. The van der Waals surface area contributed by atoms with Crippen LogP contribution in [-0.2, 0) is 6.18 Å². The lowest BCUT2D eigenvalue weighted by Gasteiger charge is -2.20. The molecule has 0 aliphatic rings. The van der Waals surface area contributed by atoms with Crippen LogP contribution in [0.1, 0.15) is 11.1 Å². The maximum absolute atomic E-state index is 13.2. The molecule has 0 aromatic heterocycles. The number of nitrogens with two attached hydrogens (primary N) is 2. The number of anilines is 2. The number of hydrazine groups is 1. The predicted molar refractivity (Wildman–Crippen MR) is 98.8 cm³/mol. The van der Waals surface area contributed by atoms with Crippen molar-refractivity contribution in [1.82, 2.24) is 9.73 Å². The molecular formula is C16H19F3N6S. The smallest absolute Gasteiger partial charge is 0.354 e.